The van der Waals surface area contributed by atoms with Crippen LogP contribution in [0.1, 0.15) is 49.9 Å². The van der Waals surface area contributed by atoms with Crippen LogP contribution in [0.5, 0.6) is 0 Å². The third kappa shape index (κ3) is 3.92. The fraction of sp³-hybridized carbons (Fsp3) is 0.533. The van der Waals surface area contributed by atoms with E-state index in [9.17, 15) is 13.6 Å². The molecule has 0 atom stereocenters. The molecule has 1 rings (SSSR count). The van der Waals surface area contributed by atoms with Crippen LogP contribution in [0.2, 0.25) is 0 Å². The van der Waals surface area contributed by atoms with E-state index >= 15 is 0 Å². The van der Waals surface area contributed by atoms with Gasteiger partial charge >= 0.3 is 0 Å². The Kier molecular flexibility index (Phi) is 6.42. The lowest BCUT2D eigenvalue weighted by Gasteiger charge is -2.23. The lowest BCUT2D eigenvalue weighted by molar-refractivity contribution is 0.0741. The molecule has 0 saturated heterocycles. The number of hydrogen-bond donors (Lipinski definition) is 1. The van der Waals surface area contributed by atoms with E-state index in [0.717, 1.165) is 37.8 Å². The van der Waals surface area contributed by atoms with E-state index in [1.165, 1.54) is 4.90 Å². The number of halogens is 2. The summed E-state index contributed by atoms with van der Waals surface area (Å²) in [6.45, 7) is 5.01. The van der Waals surface area contributed by atoms with Crippen molar-refractivity contribution in [3.63, 3.8) is 0 Å². The molecule has 0 spiro atoms. The molecule has 0 bridgehead atoms. The van der Waals surface area contributed by atoms with Crippen molar-refractivity contribution in [3.05, 3.63) is 29.3 Å². The fourth-order valence-electron chi connectivity index (χ4n) is 1.94. The van der Waals surface area contributed by atoms with E-state index in [1.54, 1.807) is 0 Å². The van der Waals surface area contributed by atoms with E-state index in [1.807, 2.05) is 13.8 Å². The molecule has 0 unspecified atom stereocenters. The number of carbonyl (C=O) groups excluding carboxylic acids is 1. The Morgan fingerprint density at radius 3 is 2.20 bits per heavy atom. The smallest absolute Gasteiger partial charge is 0.259 e. The van der Waals surface area contributed by atoms with Crippen LogP contribution in [-0.2, 0) is 0 Å². The minimum absolute atomic E-state index is 0.208. The van der Waals surface area contributed by atoms with Crippen molar-refractivity contribution in [2.24, 2.45) is 0 Å². The van der Waals surface area contributed by atoms with Gasteiger partial charge in [-0.25, -0.2) is 8.78 Å². The topological polar surface area (TPSA) is 46.3 Å². The normalized spacial score (nSPS) is 10.6. The Labute approximate surface area is 118 Å². The molecule has 0 heterocycles. The molecular weight excluding hydrogens is 262 g/mol. The summed E-state index contributed by atoms with van der Waals surface area (Å²) in [5, 5.41) is 0. The molecule has 0 fully saturated rings. The van der Waals surface area contributed by atoms with Gasteiger partial charge in [0.1, 0.15) is 11.4 Å². The van der Waals surface area contributed by atoms with Gasteiger partial charge in [-0.05, 0) is 25.0 Å². The number of nitrogen functional groups attached to an aromatic ring is 1. The zero-order chi connectivity index (χ0) is 15.1. The third-order valence-corrected chi connectivity index (χ3v) is 3.19. The van der Waals surface area contributed by atoms with Gasteiger partial charge in [-0.1, -0.05) is 26.7 Å². The molecule has 0 aromatic heterocycles. The first kappa shape index (κ1) is 16.4. The molecular formula is C15H22F2N2O. The minimum atomic E-state index is -0.965. The summed E-state index contributed by atoms with van der Waals surface area (Å²) < 4.78 is 27.6. The number of unbranched alkanes of at least 4 members (excludes halogenated alkanes) is 2. The molecule has 1 amide bonds. The molecule has 0 saturated carbocycles. The molecule has 2 N–H and O–H groups in total. The van der Waals surface area contributed by atoms with Crippen molar-refractivity contribution in [2.45, 2.75) is 39.5 Å². The number of anilines is 1. The summed E-state index contributed by atoms with van der Waals surface area (Å²) in [6, 6.07) is 2.16. The van der Waals surface area contributed by atoms with Gasteiger partial charge in [-0.2, -0.15) is 0 Å². The number of hydrogen-bond acceptors (Lipinski definition) is 2. The van der Waals surface area contributed by atoms with Crippen LogP contribution in [-0.4, -0.2) is 23.9 Å². The number of benzene rings is 1. The van der Waals surface area contributed by atoms with Crippen molar-refractivity contribution >= 4 is 11.6 Å². The standard InChI is InChI=1S/C15H22F2N2O/c1-3-5-9-19(10-6-4-2)15(20)13-11(16)7-8-12(18)14(13)17/h7-8H,3-6,9-10,18H2,1-2H3. The Hall–Kier alpha value is -1.65. The van der Waals surface area contributed by atoms with Gasteiger partial charge in [0.15, 0.2) is 5.82 Å². The summed E-state index contributed by atoms with van der Waals surface area (Å²) >= 11 is 0. The second kappa shape index (κ2) is 7.82. The van der Waals surface area contributed by atoms with Gasteiger partial charge in [-0.15, -0.1) is 0 Å². The number of amides is 1. The summed E-state index contributed by atoms with van der Waals surface area (Å²) in [6.07, 6.45) is 3.44. The van der Waals surface area contributed by atoms with Crippen molar-refractivity contribution in [1.29, 1.82) is 0 Å². The number of rotatable bonds is 7. The van der Waals surface area contributed by atoms with Crippen LogP contribution in [0.25, 0.3) is 0 Å². The average Bonchev–Trinajstić information content (AvgIpc) is 2.43. The molecule has 5 heteroatoms. The summed E-state index contributed by atoms with van der Waals surface area (Å²) in [7, 11) is 0. The van der Waals surface area contributed by atoms with E-state index in [0.29, 0.717) is 13.1 Å². The maximum atomic E-state index is 13.9. The molecule has 0 radical (unpaired) electrons. The average molecular weight is 284 g/mol. The zero-order valence-corrected chi connectivity index (χ0v) is 12.1. The molecule has 0 aliphatic heterocycles. The fourth-order valence-corrected chi connectivity index (χ4v) is 1.94. The molecule has 1 aromatic carbocycles. The van der Waals surface area contributed by atoms with E-state index in [2.05, 4.69) is 0 Å². The number of nitrogens with two attached hydrogens (primary N) is 1. The Morgan fingerprint density at radius 1 is 1.15 bits per heavy atom. The van der Waals surface area contributed by atoms with Crippen molar-refractivity contribution in [2.75, 3.05) is 18.8 Å². The lowest BCUT2D eigenvalue weighted by atomic mass is 10.1. The SMILES string of the molecule is CCCCN(CCCC)C(=O)c1c(F)ccc(N)c1F. The van der Waals surface area contributed by atoms with Crippen LogP contribution in [0, 0.1) is 11.6 Å². The first-order valence-electron chi connectivity index (χ1n) is 7.05. The molecule has 0 aliphatic carbocycles. The molecule has 0 aliphatic rings. The second-order valence-electron chi connectivity index (χ2n) is 4.82. The van der Waals surface area contributed by atoms with Gasteiger partial charge < -0.3 is 10.6 Å². The van der Waals surface area contributed by atoms with Crippen LogP contribution >= 0.6 is 0 Å². The Morgan fingerprint density at radius 2 is 1.70 bits per heavy atom. The largest absolute Gasteiger partial charge is 0.396 e. The van der Waals surface area contributed by atoms with Gasteiger partial charge in [0.25, 0.3) is 5.91 Å². The lowest BCUT2D eigenvalue weighted by Crippen LogP contribution is -2.34. The summed E-state index contributed by atoms with van der Waals surface area (Å²) in [5.74, 6) is -2.44. The van der Waals surface area contributed by atoms with Gasteiger partial charge in [-0.3, -0.25) is 4.79 Å². The van der Waals surface area contributed by atoms with Crippen molar-refractivity contribution in [1.82, 2.24) is 4.90 Å². The zero-order valence-electron chi connectivity index (χ0n) is 12.1. The second-order valence-corrected chi connectivity index (χ2v) is 4.82. The highest BCUT2D eigenvalue weighted by Gasteiger charge is 2.24. The molecule has 1 aromatic rings. The van der Waals surface area contributed by atoms with Crippen LogP contribution in [0.15, 0.2) is 12.1 Å². The molecule has 112 valence electrons. The first-order chi connectivity index (χ1) is 9.52. The van der Waals surface area contributed by atoms with E-state index in [-0.39, 0.29) is 5.69 Å². The molecule has 20 heavy (non-hydrogen) atoms. The predicted octanol–water partition coefficient (Wildman–Crippen LogP) is 3.59. The Balaban J connectivity index is 3.01. The summed E-state index contributed by atoms with van der Waals surface area (Å²) in [4.78, 5) is 13.8. The highest BCUT2D eigenvalue weighted by Crippen LogP contribution is 2.20. The number of nitrogens with zero attached hydrogens (tertiary/aromatic N) is 1. The van der Waals surface area contributed by atoms with E-state index in [4.69, 9.17) is 5.73 Å². The maximum absolute atomic E-state index is 13.9. The quantitative estimate of drug-likeness (QED) is 0.778. The highest BCUT2D eigenvalue weighted by molar-refractivity contribution is 5.95. The van der Waals surface area contributed by atoms with Gasteiger partial charge in [0.05, 0.1) is 5.69 Å². The van der Waals surface area contributed by atoms with Gasteiger partial charge in [0, 0.05) is 13.1 Å². The van der Waals surface area contributed by atoms with Crippen LogP contribution in [0.4, 0.5) is 14.5 Å². The highest BCUT2D eigenvalue weighted by atomic mass is 19.1. The minimum Gasteiger partial charge on any atom is -0.396 e. The van der Waals surface area contributed by atoms with E-state index < -0.39 is 23.1 Å². The number of carbonyl (C=O) groups is 1. The van der Waals surface area contributed by atoms with Crippen LogP contribution in [0.3, 0.4) is 0 Å². The Bertz CT molecular complexity index is 455. The predicted molar refractivity (Wildman–Crippen MR) is 76.5 cm³/mol. The van der Waals surface area contributed by atoms with Crippen LogP contribution < -0.4 is 5.73 Å². The van der Waals surface area contributed by atoms with Gasteiger partial charge in [0.2, 0.25) is 0 Å². The van der Waals surface area contributed by atoms with Crippen molar-refractivity contribution < 1.29 is 13.6 Å². The first-order valence-corrected chi connectivity index (χ1v) is 7.05. The third-order valence-electron chi connectivity index (χ3n) is 3.19. The van der Waals surface area contributed by atoms with Crippen molar-refractivity contribution in [3.8, 4) is 0 Å². The maximum Gasteiger partial charge on any atom is 0.259 e. The summed E-state index contributed by atoms with van der Waals surface area (Å²) in [5.41, 5.74) is 4.66. The molecule has 3 nitrogen and oxygen atoms in total. The monoisotopic (exact) mass is 284 g/mol.